The topological polar surface area (TPSA) is 83.8 Å². The molecule has 3 aromatic rings. The van der Waals surface area contributed by atoms with Gasteiger partial charge in [0.1, 0.15) is 0 Å². The number of hydrogen-bond acceptors (Lipinski definition) is 5. The second kappa shape index (κ2) is 3.61. The van der Waals surface area contributed by atoms with Crippen molar-refractivity contribution in [3.05, 3.63) is 42.1 Å². The maximum atomic E-state index is 4.33. The maximum absolute atomic E-state index is 4.33. The molecule has 0 radical (unpaired) electrons. The zero-order valence-corrected chi connectivity index (χ0v) is 9.54. The zero-order valence-electron chi connectivity index (χ0n) is 9.54. The molecule has 4 rings (SSSR count). The minimum Gasteiger partial charge on any atom is -0.347 e. The highest BCUT2D eigenvalue weighted by Crippen LogP contribution is 2.22. The van der Waals surface area contributed by atoms with Crippen LogP contribution < -0.4 is 5.32 Å². The summed E-state index contributed by atoms with van der Waals surface area (Å²) >= 11 is 0. The van der Waals surface area contributed by atoms with Gasteiger partial charge in [0.05, 0.1) is 30.0 Å². The standard InChI is InChI=1S/C11H11N7/c1-2-18-10(5-12-1)16-17-11(18)8-3-7-9(4-13-8)15-6-14-7/h1-2,5-6,8,13H,3-4H2,(H,14,15). The van der Waals surface area contributed by atoms with Gasteiger partial charge in [-0.2, -0.15) is 0 Å². The van der Waals surface area contributed by atoms with E-state index in [-0.39, 0.29) is 6.04 Å². The van der Waals surface area contributed by atoms with Crippen LogP contribution >= 0.6 is 0 Å². The number of rotatable bonds is 1. The molecule has 7 heteroatoms. The van der Waals surface area contributed by atoms with Gasteiger partial charge in [0.25, 0.3) is 0 Å². The number of fused-ring (bicyclic) bond motifs is 2. The van der Waals surface area contributed by atoms with Crippen LogP contribution in [0.25, 0.3) is 5.65 Å². The van der Waals surface area contributed by atoms with Crippen molar-refractivity contribution in [3.8, 4) is 0 Å². The van der Waals surface area contributed by atoms with Crippen molar-refractivity contribution in [3.63, 3.8) is 0 Å². The van der Waals surface area contributed by atoms with Crippen LogP contribution in [0.1, 0.15) is 23.3 Å². The summed E-state index contributed by atoms with van der Waals surface area (Å²) in [5, 5.41) is 11.8. The number of imidazole rings is 1. The quantitative estimate of drug-likeness (QED) is 0.637. The summed E-state index contributed by atoms with van der Waals surface area (Å²) in [6.45, 7) is 0.778. The minimum atomic E-state index is 0.137. The molecule has 0 amide bonds. The van der Waals surface area contributed by atoms with Gasteiger partial charge in [0.15, 0.2) is 11.5 Å². The first-order valence-electron chi connectivity index (χ1n) is 5.81. The van der Waals surface area contributed by atoms with Crippen molar-refractivity contribution < 1.29 is 0 Å². The summed E-state index contributed by atoms with van der Waals surface area (Å²) in [7, 11) is 0. The van der Waals surface area contributed by atoms with Crippen LogP contribution in [-0.4, -0.2) is 29.5 Å². The average Bonchev–Trinajstić information content (AvgIpc) is 3.04. The molecule has 0 aromatic carbocycles. The number of hydrogen-bond donors (Lipinski definition) is 2. The van der Waals surface area contributed by atoms with Gasteiger partial charge in [0.2, 0.25) is 0 Å². The maximum Gasteiger partial charge on any atom is 0.179 e. The van der Waals surface area contributed by atoms with E-state index in [9.17, 15) is 0 Å². The Labute approximate surface area is 102 Å². The summed E-state index contributed by atoms with van der Waals surface area (Å²) in [5.74, 6) is 0.904. The molecular formula is C11H11N7. The third kappa shape index (κ3) is 1.34. The summed E-state index contributed by atoms with van der Waals surface area (Å²) in [4.78, 5) is 11.5. The molecule has 0 bridgehead atoms. The van der Waals surface area contributed by atoms with Crippen LogP contribution in [0.15, 0.2) is 24.9 Å². The van der Waals surface area contributed by atoms with Crippen molar-refractivity contribution in [1.82, 2.24) is 34.9 Å². The third-order valence-corrected chi connectivity index (χ3v) is 3.28. The molecule has 0 saturated heterocycles. The van der Waals surface area contributed by atoms with Gasteiger partial charge in [-0.1, -0.05) is 0 Å². The van der Waals surface area contributed by atoms with Gasteiger partial charge in [0, 0.05) is 25.4 Å². The Morgan fingerprint density at radius 3 is 3.33 bits per heavy atom. The molecule has 0 fully saturated rings. The van der Waals surface area contributed by atoms with E-state index in [0.29, 0.717) is 0 Å². The lowest BCUT2D eigenvalue weighted by molar-refractivity contribution is 0.464. The molecule has 1 unspecified atom stereocenters. The summed E-state index contributed by atoms with van der Waals surface area (Å²) in [6, 6.07) is 0.137. The molecule has 1 atom stereocenters. The molecule has 18 heavy (non-hydrogen) atoms. The van der Waals surface area contributed by atoms with E-state index in [0.717, 1.165) is 35.8 Å². The Hall–Kier alpha value is -2.28. The van der Waals surface area contributed by atoms with Crippen molar-refractivity contribution >= 4 is 5.65 Å². The lowest BCUT2D eigenvalue weighted by Crippen LogP contribution is -2.30. The number of nitrogens with one attached hydrogen (secondary N) is 2. The molecule has 2 N–H and O–H groups in total. The molecule has 1 aliphatic rings. The van der Waals surface area contributed by atoms with Gasteiger partial charge in [-0.3, -0.25) is 9.38 Å². The molecule has 0 spiro atoms. The molecular weight excluding hydrogens is 230 g/mol. The van der Waals surface area contributed by atoms with Gasteiger partial charge in [-0.15, -0.1) is 10.2 Å². The van der Waals surface area contributed by atoms with Gasteiger partial charge < -0.3 is 10.3 Å². The lowest BCUT2D eigenvalue weighted by Gasteiger charge is -2.21. The minimum absolute atomic E-state index is 0.137. The third-order valence-electron chi connectivity index (χ3n) is 3.28. The number of H-pyrrole nitrogens is 1. The Balaban J connectivity index is 1.76. The van der Waals surface area contributed by atoms with Crippen LogP contribution in [0, 0.1) is 0 Å². The highest BCUT2D eigenvalue weighted by Gasteiger charge is 2.24. The van der Waals surface area contributed by atoms with Crippen molar-refractivity contribution in [2.75, 3.05) is 0 Å². The van der Waals surface area contributed by atoms with Crippen molar-refractivity contribution in [2.24, 2.45) is 0 Å². The molecule has 0 aliphatic carbocycles. The fourth-order valence-electron chi connectivity index (χ4n) is 2.36. The smallest absolute Gasteiger partial charge is 0.179 e. The fraction of sp³-hybridized carbons (Fsp3) is 0.273. The van der Waals surface area contributed by atoms with Crippen LogP contribution in [0.4, 0.5) is 0 Å². The first-order valence-corrected chi connectivity index (χ1v) is 5.81. The van der Waals surface area contributed by atoms with E-state index in [2.05, 4.69) is 30.5 Å². The highest BCUT2D eigenvalue weighted by molar-refractivity contribution is 5.35. The molecule has 0 saturated carbocycles. The number of nitrogens with zero attached hydrogens (tertiary/aromatic N) is 5. The number of aromatic amines is 1. The Morgan fingerprint density at radius 1 is 1.33 bits per heavy atom. The predicted molar refractivity (Wildman–Crippen MR) is 62.7 cm³/mol. The van der Waals surface area contributed by atoms with Gasteiger partial charge in [-0.05, 0) is 0 Å². The second-order valence-corrected chi connectivity index (χ2v) is 4.33. The summed E-state index contributed by atoms with van der Waals surface area (Å²) < 4.78 is 1.96. The molecule has 4 heterocycles. The predicted octanol–water partition coefficient (Wildman–Crippen LogP) is 0.234. The zero-order chi connectivity index (χ0) is 11.9. The molecule has 90 valence electrons. The van der Waals surface area contributed by atoms with E-state index in [1.165, 1.54) is 0 Å². The highest BCUT2D eigenvalue weighted by atomic mass is 15.3. The van der Waals surface area contributed by atoms with Crippen molar-refractivity contribution in [1.29, 1.82) is 0 Å². The first kappa shape index (κ1) is 9.72. The molecule has 7 nitrogen and oxygen atoms in total. The Bertz CT molecular complexity index is 698. The normalized spacial score (nSPS) is 19.0. The summed E-state index contributed by atoms with van der Waals surface area (Å²) in [6.07, 6.45) is 7.89. The van der Waals surface area contributed by atoms with E-state index < -0.39 is 0 Å². The van der Waals surface area contributed by atoms with Gasteiger partial charge >= 0.3 is 0 Å². The van der Waals surface area contributed by atoms with E-state index in [1.807, 2.05) is 10.6 Å². The number of aromatic nitrogens is 6. The van der Waals surface area contributed by atoms with Crippen LogP contribution in [0.3, 0.4) is 0 Å². The lowest BCUT2D eigenvalue weighted by atomic mass is 10.1. The Kier molecular flexibility index (Phi) is 1.95. The van der Waals surface area contributed by atoms with Crippen LogP contribution in [-0.2, 0) is 13.0 Å². The summed E-state index contributed by atoms with van der Waals surface area (Å²) in [5.41, 5.74) is 3.02. The SMILES string of the molecule is c1cn2c(C3Cc4nc[nH]c4CN3)nnc2cn1. The first-order chi connectivity index (χ1) is 8.92. The largest absolute Gasteiger partial charge is 0.347 e. The van der Waals surface area contributed by atoms with Gasteiger partial charge in [-0.25, -0.2) is 4.98 Å². The van der Waals surface area contributed by atoms with E-state index >= 15 is 0 Å². The van der Waals surface area contributed by atoms with E-state index in [4.69, 9.17) is 0 Å². The van der Waals surface area contributed by atoms with Crippen molar-refractivity contribution in [2.45, 2.75) is 19.0 Å². The van der Waals surface area contributed by atoms with Crippen LogP contribution in [0.5, 0.6) is 0 Å². The monoisotopic (exact) mass is 241 g/mol. The average molecular weight is 241 g/mol. The molecule has 3 aromatic heterocycles. The van der Waals surface area contributed by atoms with E-state index in [1.54, 1.807) is 18.7 Å². The molecule has 1 aliphatic heterocycles. The Morgan fingerprint density at radius 2 is 2.33 bits per heavy atom. The second-order valence-electron chi connectivity index (χ2n) is 4.33. The van der Waals surface area contributed by atoms with Crippen LogP contribution in [0.2, 0.25) is 0 Å². The fourth-order valence-corrected chi connectivity index (χ4v) is 2.36.